The monoisotopic (exact) mass is 424 g/mol. The summed E-state index contributed by atoms with van der Waals surface area (Å²) < 4.78 is 14.1. The van der Waals surface area contributed by atoms with Crippen LogP contribution in [0.1, 0.15) is 31.7 Å². The number of pyridine rings is 1. The molecule has 0 saturated carbocycles. The SMILES string of the molecule is CC(C)[C@@H](C[C@H]1SC(=O)NC1=O)c1ccc(-c2ccc3cccc(F)c3c2)[nH]c1=O. The van der Waals surface area contributed by atoms with E-state index in [0.29, 0.717) is 28.6 Å². The molecule has 0 radical (unpaired) electrons. The summed E-state index contributed by atoms with van der Waals surface area (Å²) in [6.45, 7) is 3.98. The third-order valence-corrected chi connectivity index (χ3v) is 6.53. The van der Waals surface area contributed by atoms with Crippen LogP contribution in [0.2, 0.25) is 0 Å². The third kappa shape index (κ3) is 3.89. The fourth-order valence-electron chi connectivity index (χ4n) is 3.88. The molecule has 1 fully saturated rings. The van der Waals surface area contributed by atoms with E-state index in [2.05, 4.69) is 10.3 Å². The summed E-state index contributed by atoms with van der Waals surface area (Å²) >= 11 is 0.975. The van der Waals surface area contributed by atoms with Crippen LogP contribution in [0, 0.1) is 11.7 Å². The second kappa shape index (κ2) is 8.07. The fraction of sp³-hybridized carbons (Fsp3) is 0.261. The average molecular weight is 424 g/mol. The first-order valence-corrected chi connectivity index (χ1v) is 10.6. The Bertz CT molecular complexity index is 1200. The van der Waals surface area contributed by atoms with Crippen LogP contribution in [-0.4, -0.2) is 21.4 Å². The van der Waals surface area contributed by atoms with Crippen molar-refractivity contribution in [3.05, 3.63) is 70.3 Å². The predicted molar refractivity (Wildman–Crippen MR) is 117 cm³/mol. The topological polar surface area (TPSA) is 79.0 Å². The number of carbonyl (C=O) groups excluding carboxylic acids is 2. The van der Waals surface area contributed by atoms with Crippen molar-refractivity contribution in [1.29, 1.82) is 0 Å². The van der Waals surface area contributed by atoms with E-state index in [0.717, 1.165) is 17.1 Å². The van der Waals surface area contributed by atoms with Crippen molar-refractivity contribution < 1.29 is 14.0 Å². The molecule has 7 heteroatoms. The number of rotatable bonds is 5. The van der Waals surface area contributed by atoms with Gasteiger partial charge in [0.15, 0.2) is 0 Å². The highest BCUT2D eigenvalue weighted by Gasteiger charge is 2.35. The van der Waals surface area contributed by atoms with Crippen LogP contribution in [-0.2, 0) is 4.79 Å². The largest absolute Gasteiger partial charge is 0.322 e. The average Bonchev–Trinajstić information content (AvgIpc) is 3.03. The number of carbonyl (C=O) groups is 2. The first kappa shape index (κ1) is 20.3. The van der Waals surface area contributed by atoms with Crippen LogP contribution >= 0.6 is 11.8 Å². The van der Waals surface area contributed by atoms with Gasteiger partial charge in [0.2, 0.25) is 5.91 Å². The van der Waals surface area contributed by atoms with Gasteiger partial charge in [-0.2, -0.15) is 0 Å². The van der Waals surface area contributed by atoms with Crippen molar-refractivity contribution in [2.75, 3.05) is 0 Å². The van der Waals surface area contributed by atoms with Crippen molar-refractivity contribution in [3.8, 4) is 11.3 Å². The van der Waals surface area contributed by atoms with Crippen LogP contribution in [0.5, 0.6) is 0 Å². The summed E-state index contributed by atoms with van der Waals surface area (Å²) in [4.78, 5) is 39.2. The van der Waals surface area contributed by atoms with Crippen molar-refractivity contribution in [3.63, 3.8) is 0 Å². The maximum absolute atomic E-state index is 14.1. The van der Waals surface area contributed by atoms with E-state index in [1.807, 2.05) is 32.0 Å². The van der Waals surface area contributed by atoms with E-state index < -0.39 is 5.25 Å². The van der Waals surface area contributed by atoms with Gasteiger partial charge in [-0.15, -0.1) is 0 Å². The van der Waals surface area contributed by atoms with Gasteiger partial charge >= 0.3 is 0 Å². The zero-order chi connectivity index (χ0) is 21.4. The van der Waals surface area contributed by atoms with Gasteiger partial charge in [-0.1, -0.05) is 55.9 Å². The Kier molecular flexibility index (Phi) is 5.47. The molecule has 1 aliphatic heterocycles. The van der Waals surface area contributed by atoms with Crippen LogP contribution in [0.15, 0.2) is 53.3 Å². The minimum Gasteiger partial charge on any atom is -0.322 e. The summed E-state index contributed by atoms with van der Waals surface area (Å²) in [5.41, 5.74) is 1.65. The molecule has 4 rings (SSSR count). The number of thioether (sulfide) groups is 1. The second-order valence-corrected chi connectivity index (χ2v) is 8.98. The molecule has 0 aliphatic carbocycles. The maximum Gasteiger partial charge on any atom is 0.286 e. The molecule has 1 saturated heterocycles. The number of H-pyrrole nitrogens is 1. The van der Waals surface area contributed by atoms with Gasteiger partial charge in [0, 0.05) is 16.6 Å². The third-order valence-electron chi connectivity index (χ3n) is 5.52. The molecule has 2 amide bonds. The van der Waals surface area contributed by atoms with E-state index in [1.165, 1.54) is 6.07 Å². The van der Waals surface area contributed by atoms with Gasteiger partial charge in [-0.05, 0) is 47.4 Å². The number of amides is 2. The molecule has 5 nitrogen and oxygen atoms in total. The van der Waals surface area contributed by atoms with Gasteiger partial charge in [0.05, 0.1) is 5.25 Å². The van der Waals surface area contributed by atoms with Gasteiger partial charge in [0.1, 0.15) is 5.82 Å². The lowest BCUT2D eigenvalue weighted by Gasteiger charge is -2.22. The Labute approximate surface area is 177 Å². The lowest BCUT2D eigenvalue weighted by molar-refractivity contribution is -0.119. The number of aromatic nitrogens is 1. The molecule has 2 N–H and O–H groups in total. The molecule has 1 aliphatic rings. The molecule has 0 unspecified atom stereocenters. The summed E-state index contributed by atoms with van der Waals surface area (Å²) in [5, 5.41) is 2.74. The number of benzene rings is 2. The molecule has 3 aromatic rings. The molecule has 2 atom stereocenters. The highest BCUT2D eigenvalue weighted by molar-refractivity contribution is 8.15. The number of imide groups is 1. The molecule has 1 aromatic heterocycles. The minimum absolute atomic E-state index is 0.107. The van der Waals surface area contributed by atoms with Gasteiger partial charge in [-0.3, -0.25) is 19.7 Å². The summed E-state index contributed by atoms with van der Waals surface area (Å²) in [7, 11) is 0. The lowest BCUT2D eigenvalue weighted by Crippen LogP contribution is -2.28. The second-order valence-electron chi connectivity index (χ2n) is 7.80. The number of nitrogens with one attached hydrogen (secondary N) is 2. The molecular formula is C23H21FN2O3S. The Morgan fingerprint density at radius 1 is 1.07 bits per heavy atom. The van der Waals surface area contributed by atoms with E-state index in [9.17, 15) is 18.8 Å². The van der Waals surface area contributed by atoms with Crippen molar-refractivity contribution >= 4 is 33.7 Å². The number of halogens is 1. The molecule has 30 heavy (non-hydrogen) atoms. The van der Waals surface area contributed by atoms with E-state index in [4.69, 9.17) is 0 Å². The summed E-state index contributed by atoms with van der Waals surface area (Å²) in [6.07, 6.45) is 0.406. The fourth-order valence-corrected chi connectivity index (χ4v) is 4.77. The summed E-state index contributed by atoms with van der Waals surface area (Å²) in [5.74, 6) is -0.682. The molecule has 0 bridgehead atoms. The smallest absolute Gasteiger partial charge is 0.286 e. The van der Waals surface area contributed by atoms with E-state index in [1.54, 1.807) is 24.3 Å². The van der Waals surface area contributed by atoms with E-state index >= 15 is 0 Å². The maximum atomic E-state index is 14.1. The van der Waals surface area contributed by atoms with Crippen molar-refractivity contribution in [1.82, 2.24) is 10.3 Å². The van der Waals surface area contributed by atoms with Crippen LogP contribution in [0.25, 0.3) is 22.0 Å². The molecule has 2 aromatic carbocycles. The molecule has 154 valence electrons. The molecular weight excluding hydrogens is 403 g/mol. The van der Waals surface area contributed by atoms with E-state index in [-0.39, 0.29) is 34.4 Å². The Balaban J connectivity index is 1.66. The Hall–Kier alpha value is -2.93. The van der Waals surface area contributed by atoms with Crippen LogP contribution < -0.4 is 10.9 Å². The quantitative estimate of drug-likeness (QED) is 0.616. The Morgan fingerprint density at radius 2 is 1.87 bits per heavy atom. The van der Waals surface area contributed by atoms with Crippen molar-refractivity contribution in [2.24, 2.45) is 5.92 Å². The predicted octanol–water partition coefficient (Wildman–Crippen LogP) is 4.82. The highest BCUT2D eigenvalue weighted by atomic mass is 32.2. The van der Waals surface area contributed by atoms with Crippen molar-refractivity contribution in [2.45, 2.75) is 31.4 Å². The number of fused-ring (bicyclic) bond motifs is 1. The van der Waals surface area contributed by atoms with Crippen LogP contribution in [0.4, 0.5) is 9.18 Å². The standard InChI is InChI=1S/C23H21FN2O3S/c1-12(2)16(11-20-22(28)26-23(29)30-20)15-8-9-19(25-21(15)27)14-7-6-13-4-3-5-18(24)17(13)10-14/h3-10,12,16,20H,11H2,1-2H3,(H,25,27)(H,26,28,29)/t16-,20-/m1/s1. The minimum atomic E-state index is -0.493. The zero-order valence-electron chi connectivity index (χ0n) is 16.6. The molecule has 2 heterocycles. The molecule has 0 spiro atoms. The normalized spacial score (nSPS) is 17.5. The van der Waals surface area contributed by atoms with Crippen LogP contribution in [0.3, 0.4) is 0 Å². The number of aromatic amines is 1. The van der Waals surface area contributed by atoms with Gasteiger partial charge < -0.3 is 4.98 Å². The first-order valence-electron chi connectivity index (χ1n) is 9.77. The number of hydrogen-bond donors (Lipinski definition) is 2. The Morgan fingerprint density at radius 3 is 2.53 bits per heavy atom. The van der Waals surface area contributed by atoms with Gasteiger partial charge in [-0.25, -0.2) is 4.39 Å². The first-order chi connectivity index (χ1) is 14.3. The van der Waals surface area contributed by atoms with Gasteiger partial charge in [0.25, 0.3) is 10.8 Å². The highest BCUT2D eigenvalue weighted by Crippen LogP contribution is 2.34. The number of hydrogen-bond acceptors (Lipinski definition) is 4. The summed E-state index contributed by atoms with van der Waals surface area (Å²) in [6, 6.07) is 13.9. The lowest BCUT2D eigenvalue weighted by atomic mass is 9.85. The zero-order valence-corrected chi connectivity index (χ0v) is 17.4.